The van der Waals surface area contributed by atoms with Gasteiger partial charge in [0.05, 0.1) is 13.2 Å². The molecule has 3 rings (SSSR count). The third-order valence-corrected chi connectivity index (χ3v) is 3.14. The van der Waals surface area contributed by atoms with Gasteiger partial charge in [-0.2, -0.15) is 0 Å². The van der Waals surface area contributed by atoms with Crippen molar-refractivity contribution >= 4 is 5.78 Å². The summed E-state index contributed by atoms with van der Waals surface area (Å²) >= 11 is 0. The minimum absolute atomic E-state index is 0.111. The molecular weight excluding hydrogens is 256 g/mol. The SMILES string of the molecule is O=C(c1ccc(O)cc1)c1ccc2c(c1)OCCCO2. The van der Waals surface area contributed by atoms with Gasteiger partial charge in [-0.05, 0) is 42.5 Å². The molecule has 0 saturated heterocycles. The monoisotopic (exact) mass is 270 g/mol. The van der Waals surface area contributed by atoms with Crippen LogP contribution < -0.4 is 9.47 Å². The number of aromatic hydroxyl groups is 1. The number of phenolic OH excluding ortho intramolecular Hbond substituents is 1. The van der Waals surface area contributed by atoms with Gasteiger partial charge < -0.3 is 14.6 Å². The number of carbonyl (C=O) groups excluding carboxylic acids is 1. The topological polar surface area (TPSA) is 55.8 Å². The van der Waals surface area contributed by atoms with Crippen LogP contribution in [0.2, 0.25) is 0 Å². The number of hydrogen-bond acceptors (Lipinski definition) is 4. The highest BCUT2D eigenvalue weighted by atomic mass is 16.5. The molecule has 0 atom stereocenters. The molecule has 1 heterocycles. The van der Waals surface area contributed by atoms with Crippen molar-refractivity contribution in [2.45, 2.75) is 6.42 Å². The number of benzene rings is 2. The lowest BCUT2D eigenvalue weighted by atomic mass is 10.0. The second-order valence-electron chi connectivity index (χ2n) is 4.59. The average molecular weight is 270 g/mol. The molecule has 4 nitrogen and oxygen atoms in total. The number of phenols is 1. The zero-order valence-electron chi connectivity index (χ0n) is 10.8. The lowest BCUT2D eigenvalue weighted by molar-refractivity contribution is 0.103. The summed E-state index contributed by atoms with van der Waals surface area (Å²) < 4.78 is 11.1. The maximum absolute atomic E-state index is 12.4. The van der Waals surface area contributed by atoms with E-state index in [0.29, 0.717) is 35.8 Å². The van der Waals surface area contributed by atoms with Gasteiger partial charge in [-0.1, -0.05) is 0 Å². The van der Waals surface area contributed by atoms with Crippen molar-refractivity contribution in [3.63, 3.8) is 0 Å². The smallest absolute Gasteiger partial charge is 0.193 e. The minimum atomic E-state index is -0.111. The van der Waals surface area contributed by atoms with Crippen LogP contribution in [0.15, 0.2) is 42.5 Å². The predicted molar refractivity (Wildman–Crippen MR) is 73.6 cm³/mol. The summed E-state index contributed by atoms with van der Waals surface area (Å²) in [6, 6.07) is 11.4. The normalized spacial score (nSPS) is 13.6. The Balaban J connectivity index is 1.92. The summed E-state index contributed by atoms with van der Waals surface area (Å²) in [4.78, 5) is 12.4. The Bertz CT molecular complexity index is 631. The number of carbonyl (C=O) groups is 1. The molecule has 2 aromatic rings. The molecule has 0 fully saturated rings. The largest absolute Gasteiger partial charge is 0.508 e. The van der Waals surface area contributed by atoms with E-state index < -0.39 is 0 Å². The van der Waals surface area contributed by atoms with Gasteiger partial charge in [-0.3, -0.25) is 4.79 Å². The molecule has 0 radical (unpaired) electrons. The quantitative estimate of drug-likeness (QED) is 0.852. The summed E-state index contributed by atoms with van der Waals surface area (Å²) in [7, 11) is 0. The van der Waals surface area contributed by atoms with Crippen LogP contribution in [0.4, 0.5) is 0 Å². The molecule has 102 valence electrons. The van der Waals surface area contributed by atoms with E-state index in [1.807, 2.05) is 0 Å². The third kappa shape index (κ3) is 2.45. The first kappa shape index (κ1) is 12.5. The first-order valence-electron chi connectivity index (χ1n) is 6.47. The van der Waals surface area contributed by atoms with Gasteiger partial charge in [-0.25, -0.2) is 0 Å². The van der Waals surface area contributed by atoms with Crippen molar-refractivity contribution in [1.82, 2.24) is 0 Å². The Morgan fingerprint density at radius 2 is 1.55 bits per heavy atom. The maximum atomic E-state index is 12.4. The fourth-order valence-corrected chi connectivity index (χ4v) is 2.08. The molecule has 0 saturated carbocycles. The first-order chi connectivity index (χ1) is 9.74. The van der Waals surface area contributed by atoms with Crippen molar-refractivity contribution < 1.29 is 19.4 Å². The van der Waals surface area contributed by atoms with E-state index in [0.717, 1.165) is 6.42 Å². The molecule has 0 amide bonds. The summed E-state index contributed by atoms with van der Waals surface area (Å²) in [5, 5.41) is 9.25. The molecule has 1 aliphatic rings. The van der Waals surface area contributed by atoms with E-state index in [2.05, 4.69) is 0 Å². The zero-order valence-corrected chi connectivity index (χ0v) is 10.8. The van der Waals surface area contributed by atoms with E-state index >= 15 is 0 Å². The van der Waals surface area contributed by atoms with E-state index in [4.69, 9.17) is 9.47 Å². The molecule has 0 unspecified atom stereocenters. The summed E-state index contributed by atoms with van der Waals surface area (Å²) in [5.74, 6) is 1.30. The van der Waals surface area contributed by atoms with Crippen LogP contribution in [0.25, 0.3) is 0 Å². The zero-order chi connectivity index (χ0) is 13.9. The molecule has 4 heteroatoms. The highest BCUT2D eigenvalue weighted by Gasteiger charge is 2.15. The van der Waals surface area contributed by atoms with Crippen LogP contribution >= 0.6 is 0 Å². The van der Waals surface area contributed by atoms with Gasteiger partial charge in [-0.15, -0.1) is 0 Å². The fourth-order valence-electron chi connectivity index (χ4n) is 2.08. The number of rotatable bonds is 2. The van der Waals surface area contributed by atoms with Crippen molar-refractivity contribution in [3.05, 3.63) is 53.6 Å². The Morgan fingerprint density at radius 3 is 2.30 bits per heavy atom. The standard InChI is InChI=1S/C16H14O4/c17-13-5-2-11(3-6-13)16(18)12-4-7-14-15(10-12)20-9-1-8-19-14/h2-7,10,17H,1,8-9H2. The van der Waals surface area contributed by atoms with E-state index in [9.17, 15) is 9.90 Å². The van der Waals surface area contributed by atoms with Gasteiger partial charge in [0.15, 0.2) is 17.3 Å². The fraction of sp³-hybridized carbons (Fsp3) is 0.188. The molecular formula is C16H14O4. The molecule has 1 N–H and O–H groups in total. The van der Waals surface area contributed by atoms with Gasteiger partial charge in [0, 0.05) is 17.5 Å². The number of ether oxygens (including phenoxy) is 2. The predicted octanol–water partition coefficient (Wildman–Crippen LogP) is 2.78. The molecule has 0 aromatic heterocycles. The second-order valence-corrected chi connectivity index (χ2v) is 4.59. The van der Waals surface area contributed by atoms with Crippen LogP contribution in [0.5, 0.6) is 17.2 Å². The number of fused-ring (bicyclic) bond motifs is 1. The minimum Gasteiger partial charge on any atom is -0.508 e. The third-order valence-electron chi connectivity index (χ3n) is 3.14. The number of hydrogen-bond donors (Lipinski definition) is 1. The van der Waals surface area contributed by atoms with Crippen molar-refractivity contribution in [2.75, 3.05) is 13.2 Å². The van der Waals surface area contributed by atoms with Gasteiger partial charge in [0.25, 0.3) is 0 Å². The molecule has 0 spiro atoms. The van der Waals surface area contributed by atoms with Gasteiger partial charge in [0.1, 0.15) is 5.75 Å². The van der Waals surface area contributed by atoms with Crippen LogP contribution in [-0.2, 0) is 0 Å². The lowest BCUT2D eigenvalue weighted by Gasteiger charge is -2.09. The molecule has 0 bridgehead atoms. The van der Waals surface area contributed by atoms with Crippen molar-refractivity contribution in [2.24, 2.45) is 0 Å². The number of ketones is 1. The second kappa shape index (κ2) is 5.25. The Hall–Kier alpha value is -2.49. The highest BCUT2D eigenvalue weighted by Crippen LogP contribution is 2.31. The summed E-state index contributed by atoms with van der Waals surface area (Å²) in [6.45, 7) is 1.21. The van der Waals surface area contributed by atoms with Crippen molar-refractivity contribution in [3.8, 4) is 17.2 Å². The molecule has 20 heavy (non-hydrogen) atoms. The molecule has 1 aliphatic heterocycles. The molecule has 2 aromatic carbocycles. The van der Waals surface area contributed by atoms with Crippen LogP contribution in [-0.4, -0.2) is 24.1 Å². The Morgan fingerprint density at radius 1 is 0.900 bits per heavy atom. The summed E-state index contributed by atoms with van der Waals surface area (Å²) in [5.41, 5.74) is 1.07. The average Bonchev–Trinajstić information content (AvgIpc) is 2.71. The van der Waals surface area contributed by atoms with Crippen LogP contribution in [0.1, 0.15) is 22.3 Å². The molecule has 0 aliphatic carbocycles. The van der Waals surface area contributed by atoms with Gasteiger partial charge in [0.2, 0.25) is 0 Å². The first-order valence-corrected chi connectivity index (χ1v) is 6.47. The van der Waals surface area contributed by atoms with E-state index in [1.165, 1.54) is 12.1 Å². The highest BCUT2D eigenvalue weighted by molar-refractivity contribution is 6.09. The van der Waals surface area contributed by atoms with Crippen molar-refractivity contribution in [1.29, 1.82) is 0 Å². The van der Waals surface area contributed by atoms with Crippen LogP contribution in [0, 0.1) is 0 Å². The van der Waals surface area contributed by atoms with Crippen LogP contribution in [0.3, 0.4) is 0 Å². The van der Waals surface area contributed by atoms with E-state index in [-0.39, 0.29) is 11.5 Å². The van der Waals surface area contributed by atoms with Gasteiger partial charge >= 0.3 is 0 Å². The lowest BCUT2D eigenvalue weighted by Crippen LogP contribution is -2.02. The Labute approximate surface area is 116 Å². The van der Waals surface area contributed by atoms with E-state index in [1.54, 1.807) is 30.3 Å². The maximum Gasteiger partial charge on any atom is 0.193 e. The summed E-state index contributed by atoms with van der Waals surface area (Å²) in [6.07, 6.45) is 0.829. The Kier molecular flexibility index (Phi) is 3.29.